The number of carbonyl (C=O) groups excluding carboxylic acids is 2. The van der Waals surface area contributed by atoms with Gasteiger partial charge in [0.25, 0.3) is 5.91 Å². The highest BCUT2D eigenvalue weighted by Gasteiger charge is 2.27. The van der Waals surface area contributed by atoms with Crippen LogP contribution in [0, 0.1) is 0 Å². The molecule has 1 aliphatic heterocycles. The predicted molar refractivity (Wildman–Crippen MR) is 101 cm³/mol. The van der Waals surface area contributed by atoms with Gasteiger partial charge >= 0.3 is 0 Å². The van der Waals surface area contributed by atoms with Crippen LogP contribution >= 0.6 is 24.4 Å². The average molecular weight is 358 g/mol. The molecule has 0 aromatic heterocycles. The summed E-state index contributed by atoms with van der Waals surface area (Å²) >= 11 is 5.74. The predicted octanol–water partition coefficient (Wildman–Crippen LogP) is 4.07. The summed E-state index contributed by atoms with van der Waals surface area (Å²) in [5, 5.41) is 2.86. The van der Waals surface area contributed by atoms with E-state index in [4.69, 9.17) is 0 Å². The first-order valence-electron chi connectivity index (χ1n) is 7.65. The van der Waals surface area contributed by atoms with Crippen molar-refractivity contribution in [3.63, 3.8) is 0 Å². The van der Waals surface area contributed by atoms with Crippen LogP contribution in [0.4, 0.5) is 11.4 Å². The maximum atomic E-state index is 12.5. The fourth-order valence-corrected chi connectivity index (χ4v) is 3.66. The van der Waals surface area contributed by atoms with Crippen LogP contribution in [0.1, 0.15) is 24.2 Å². The highest BCUT2D eigenvalue weighted by Crippen LogP contribution is 2.37. The molecule has 24 heavy (non-hydrogen) atoms. The highest BCUT2D eigenvalue weighted by molar-refractivity contribution is 8.00. The third-order valence-electron chi connectivity index (χ3n) is 3.74. The van der Waals surface area contributed by atoms with Gasteiger partial charge in [-0.2, -0.15) is 0 Å². The standard InChI is InChI=1S/C18H18N2O2S2/c1-11(2)20-15-9-12(3-8-16(15)24-10-17(20)21)18(22)19-13-4-6-14(23)7-5-13/h3-9,11,23H,10H2,1-2H3,(H,19,22). The monoisotopic (exact) mass is 358 g/mol. The second-order valence-corrected chi connectivity index (χ2v) is 7.36. The molecule has 4 nitrogen and oxygen atoms in total. The molecule has 2 amide bonds. The summed E-state index contributed by atoms with van der Waals surface area (Å²) in [5.74, 6) is 0.313. The van der Waals surface area contributed by atoms with E-state index in [1.807, 2.05) is 32.0 Å². The number of carbonyl (C=O) groups is 2. The van der Waals surface area contributed by atoms with Crippen molar-refractivity contribution >= 4 is 47.6 Å². The van der Waals surface area contributed by atoms with Gasteiger partial charge in [0.15, 0.2) is 0 Å². The fraction of sp³-hybridized carbons (Fsp3) is 0.222. The summed E-state index contributed by atoms with van der Waals surface area (Å²) < 4.78 is 0. The van der Waals surface area contributed by atoms with Gasteiger partial charge in [-0.25, -0.2) is 0 Å². The fourth-order valence-electron chi connectivity index (χ4n) is 2.63. The number of thiol groups is 1. The van der Waals surface area contributed by atoms with E-state index in [1.165, 1.54) is 11.8 Å². The zero-order chi connectivity index (χ0) is 17.3. The third kappa shape index (κ3) is 3.44. The van der Waals surface area contributed by atoms with Crippen molar-refractivity contribution in [2.24, 2.45) is 0 Å². The number of nitrogens with zero attached hydrogens (tertiary/aromatic N) is 1. The Balaban J connectivity index is 1.88. The second kappa shape index (κ2) is 6.91. The number of hydrogen-bond donors (Lipinski definition) is 2. The molecule has 1 heterocycles. The van der Waals surface area contributed by atoms with Crippen molar-refractivity contribution in [3.8, 4) is 0 Å². The summed E-state index contributed by atoms with van der Waals surface area (Å²) in [7, 11) is 0. The first kappa shape index (κ1) is 16.9. The van der Waals surface area contributed by atoms with Crippen molar-refractivity contribution in [3.05, 3.63) is 48.0 Å². The minimum absolute atomic E-state index is 0.0541. The van der Waals surface area contributed by atoms with Gasteiger partial charge in [0, 0.05) is 27.1 Å². The molecule has 0 radical (unpaired) electrons. The van der Waals surface area contributed by atoms with Gasteiger partial charge in [0.1, 0.15) is 0 Å². The average Bonchev–Trinajstić information content (AvgIpc) is 2.55. The van der Waals surface area contributed by atoms with Crippen molar-refractivity contribution < 1.29 is 9.59 Å². The number of anilines is 2. The van der Waals surface area contributed by atoms with E-state index in [0.717, 1.165) is 15.5 Å². The van der Waals surface area contributed by atoms with E-state index in [2.05, 4.69) is 17.9 Å². The number of benzene rings is 2. The number of fused-ring (bicyclic) bond motifs is 1. The van der Waals surface area contributed by atoms with E-state index in [-0.39, 0.29) is 17.9 Å². The Morgan fingerprint density at radius 1 is 1.21 bits per heavy atom. The molecule has 0 fully saturated rings. The molecule has 0 aliphatic carbocycles. The van der Waals surface area contributed by atoms with Gasteiger partial charge in [-0.15, -0.1) is 24.4 Å². The minimum atomic E-state index is -0.198. The smallest absolute Gasteiger partial charge is 0.255 e. The van der Waals surface area contributed by atoms with E-state index >= 15 is 0 Å². The van der Waals surface area contributed by atoms with Gasteiger partial charge in [-0.05, 0) is 56.3 Å². The Labute approximate surface area is 151 Å². The molecular weight excluding hydrogens is 340 g/mol. The maximum Gasteiger partial charge on any atom is 0.255 e. The Bertz CT molecular complexity index is 788. The number of thioether (sulfide) groups is 1. The number of amides is 2. The van der Waals surface area contributed by atoms with Crippen molar-refractivity contribution in [1.82, 2.24) is 0 Å². The van der Waals surface area contributed by atoms with Crippen LogP contribution in [0.3, 0.4) is 0 Å². The van der Waals surface area contributed by atoms with Gasteiger partial charge in [0.2, 0.25) is 5.91 Å². The van der Waals surface area contributed by atoms with Crippen LogP contribution in [0.15, 0.2) is 52.3 Å². The normalized spacial score (nSPS) is 13.8. The zero-order valence-electron chi connectivity index (χ0n) is 13.4. The quantitative estimate of drug-likeness (QED) is 0.813. The number of nitrogens with one attached hydrogen (secondary N) is 1. The molecule has 0 bridgehead atoms. The van der Waals surface area contributed by atoms with Crippen LogP contribution in [0.25, 0.3) is 0 Å². The largest absolute Gasteiger partial charge is 0.322 e. The lowest BCUT2D eigenvalue weighted by Gasteiger charge is -2.32. The van der Waals surface area contributed by atoms with E-state index in [9.17, 15) is 9.59 Å². The molecule has 1 aliphatic rings. The van der Waals surface area contributed by atoms with Crippen LogP contribution in [0.5, 0.6) is 0 Å². The van der Waals surface area contributed by atoms with E-state index < -0.39 is 0 Å². The topological polar surface area (TPSA) is 49.4 Å². The van der Waals surface area contributed by atoms with Crippen molar-refractivity contribution in [1.29, 1.82) is 0 Å². The second-order valence-electron chi connectivity index (χ2n) is 5.83. The van der Waals surface area contributed by atoms with Gasteiger partial charge in [-0.1, -0.05) is 0 Å². The van der Waals surface area contributed by atoms with Crippen molar-refractivity contribution in [2.75, 3.05) is 16.0 Å². The van der Waals surface area contributed by atoms with Gasteiger partial charge in [0.05, 0.1) is 11.4 Å². The van der Waals surface area contributed by atoms with E-state index in [1.54, 1.807) is 29.2 Å². The van der Waals surface area contributed by atoms with Crippen LogP contribution in [0.2, 0.25) is 0 Å². The number of rotatable bonds is 3. The SMILES string of the molecule is CC(C)N1C(=O)CSc2ccc(C(=O)Nc3ccc(S)cc3)cc21. The molecule has 3 rings (SSSR count). The van der Waals surface area contributed by atoms with Gasteiger partial charge < -0.3 is 10.2 Å². The summed E-state index contributed by atoms with van der Waals surface area (Å²) in [5.41, 5.74) is 2.05. The van der Waals surface area contributed by atoms with Crippen LogP contribution < -0.4 is 10.2 Å². The Hall–Kier alpha value is -1.92. The lowest BCUT2D eigenvalue weighted by Crippen LogP contribution is -2.40. The molecule has 2 aromatic carbocycles. The molecule has 0 saturated carbocycles. The first-order valence-corrected chi connectivity index (χ1v) is 9.08. The third-order valence-corrected chi connectivity index (χ3v) is 5.09. The molecule has 0 saturated heterocycles. The molecule has 0 unspecified atom stereocenters. The summed E-state index contributed by atoms with van der Waals surface area (Å²) in [6.07, 6.45) is 0. The molecule has 2 aromatic rings. The zero-order valence-corrected chi connectivity index (χ0v) is 15.2. The van der Waals surface area contributed by atoms with E-state index in [0.29, 0.717) is 17.0 Å². The molecule has 0 spiro atoms. The Morgan fingerprint density at radius 2 is 1.92 bits per heavy atom. The lowest BCUT2D eigenvalue weighted by atomic mass is 10.1. The Morgan fingerprint density at radius 3 is 2.58 bits per heavy atom. The van der Waals surface area contributed by atoms with Crippen LogP contribution in [-0.2, 0) is 4.79 Å². The summed E-state index contributed by atoms with van der Waals surface area (Å²) in [4.78, 5) is 28.3. The molecule has 0 atom stereocenters. The van der Waals surface area contributed by atoms with Crippen LogP contribution in [-0.4, -0.2) is 23.6 Å². The molecular formula is C18H18N2O2S2. The first-order chi connectivity index (χ1) is 11.5. The Kier molecular flexibility index (Phi) is 4.87. The summed E-state index contributed by atoms with van der Waals surface area (Å²) in [6.45, 7) is 3.95. The van der Waals surface area contributed by atoms with Gasteiger partial charge in [-0.3, -0.25) is 9.59 Å². The van der Waals surface area contributed by atoms with Crippen molar-refractivity contribution in [2.45, 2.75) is 29.7 Å². The minimum Gasteiger partial charge on any atom is -0.322 e. The lowest BCUT2D eigenvalue weighted by molar-refractivity contribution is -0.116. The maximum absolute atomic E-state index is 12.5. The summed E-state index contributed by atoms with van der Waals surface area (Å²) in [6, 6.07) is 12.8. The number of hydrogen-bond acceptors (Lipinski definition) is 4. The molecule has 1 N–H and O–H groups in total. The molecule has 124 valence electrons. The molecule has 6 heteroatoms. The highest BCUT2D eigenvalue weighted by atomic mass is 32.2.